The van der Waals surface area contributed by atoms with Crippen LogP contribution in [0.1, 0.15) is 44.9 Å². The number of nitrogens with zero attached hydrogens (tertiary/aromatic N) is 3. The zero-order valence-corrected chi connectivity index (χ0v) is 15.6. The van der Waals surface area contributed by atoms with Gasteiger partial charge in [0.25, 0.3) is 0 Å². The third-order valence-electron chi connectivity index (χ3n) is 4.45. The summed E-state index contributed by atoms with van der Waals surface area (Å²) in [7, 11) is 4.01. The van der Waals surface area contributed by atoms with Crippen LogP contribution < -0.4 is 4.74 Å². The first-order valence-electron chi connectivity index (χ1n) is 8.80. The summed E-state index contributed by atoms with van der Waals surface area (Å²) in [6, 6.07) is 0. The maximum Gasteiger partial charge on any atom is 0.232 e. The molecule has 0 saturated carbocycles. The first-order valence-corrected chi connectivity index (χ1v) is 11.2. The van der Waals surface area contributed by atoms with Gasteiger partial charge in [0.15, 0.2) is 0 Å². The van der Waals surface area contributed by atoms with Gasteiger partial charge in [-0.3, -0.25) is 9.78 Å². The molecule has 1 aromatic rings. The number of hydrogen-bond acceptors (Lipinski definition) is 6. The Bertz CT molecular complexity index is 512. The Morgan fingerprint density at radius 3 is 3.08 bits per heavy atom. The summed E-state index contributed by atoms with van der Waals surface area (Å²) in [6.45, 7) is 1.53. The number of ether oxygens (including phenoxy) is 1. The molecule has 3 heterocycles. The molecule has 2 saturated heterocycles. The van der Waals surface area contributed by atoms with Crippen molar-refractivity contribution in [3.63, 3.8) is 0 Å². The maximum atomic E-state index is 12.4. The predicted molar refractivity (Wildman–Crippen MR) is 99.2 cm³/mol. The molecular formula is C17H25N3O2S2. The van der Waals surface area contributed by atoms with Crippen LogP contribution in [0.15, 0.2) is 18.6 Å². The topological polar surface area (TPSA) is 55.3 Å². The highest BCUT2D eigenvalue weighted by Gasteiger charge is 2.25. The molecule has 7 heteroatoms. The molecule has 2 atom stereocenters. The second kappa shape index (κ2) is 9.51. The Balaban J connectivity index is 1.36. The number of amides is 1. The SMILES string of the molecule is O=C(CCCCC1CCSS1)N1CCCC(Oc2cnccn2)C1. The third-order valence-corrected chi connectivity index (χ3v) is 7.46. The minimum Gasteiger partial charge on any atom is -0.471 e. The van der Waals surface area contributed by atoms with Gasteiger partial charge in [-0.05, 0) is 32.1 Å². The van der Waals surface area contributed by atoms with Gasteiger partial charge in [-0.1, -0.05) is 28.0 Å². The number of hydrogen-bond donors (Lipinski definition) is 0. The lowest BCUT2D eigenvalue weighted by Crippen LogP contribution is -2.44. The minimum absolute atomic E-state index is 0.0336. The number of carbonyl (C=O) groups excluding carboxylic acids is 1. The molecule has 24 heavy (non-hydrogen) atoms. The van der Waals surface area contributed by atoms with E-state index in [9.17, 15) is 4.79 Å². The van der Waals surface area contributed by atoms with Crippen molar-refractivity contribution < 1.29 is 9.53 Å². The van der Waals surface area contributed by atoms with E-state index in [1.807, 2.05) is 26.5 Å². The van der Waals surface area contributed by atoms with Crippen LogP contribution in [0.4, 0.5) is 0 Å². The molecule has 2 fully saturated rings. The standard InChI is InChI=1S/C17H25N3O2S2/c21-17(6-2-1-5-15-7-11-23-24-15)20-10-3-4-14(13-20)22-16-12-18-8-9-19-16/h8-9,12,14-15H,1-7,10-11,13H2. The number of carbonyl (C=O) groups is 1. The van der Waals surface area contributed by atoms with Crippen LogP contribution in [-0.2, 0) is 4.79 Å². The highest BCUT2D eigenvalue weighted by Crippen LogP contribution is 2.39. The van der Waals surface area contributed by atoms with E-state index >= 15 is 0 Å². The Morgan fingerprint density at radius 1 is 1.33 bits per heavy atom. The summed E-state index contributed by atoms with van der Waals surface area (Å²) in [4.78, 5) is 22.6. The number of rotatable bonds is 7. The molecule has 0 N–H and O–H groups in total. The third kappa shape index (κ3) is 5.55. The minimum atomic E-state index is 0.0336. The van der Waals surface area contributed by atoms with E-state index in [4.69, 9.17) is 4.74 Å². The normalized spacial score (nSPS) is 24.1. The van der Waals surface area contributed by atoms with Crippen LogP contribution in [0.2, 0.25) is 0 Å². The predicted octanol–water partition coefficient (Wildman–Crippen LogP) is 3.56. The van der Waals surface area contributed by atoms with E-state index in [0.29, 0.717) is 18.8 Å². The lowest BCUT2D eigenvalue weighted by Gasteiger charge is -2.32. The highest BCUT2D eigenvalue weighted by atomic mass is 33.1. The van der Waals surface area contributed by atoms with Gasteiger partial charge in [0.05, 0.1) is 12.7 Å². The molecule has 0 aromatic carbocycles. The molecule has 1 aromatic heterocycles. The van der Waals surface area contributed by atoms with E-state index in [1.54, 1.807) is 18.6 Å². The van der Waals surface area contributed by atoms with Gasteiger partial charge in [-0.2, -0.15) is 0 Å². The molecule has 0 aliphatic carbocycles. The molecule has 0 radical (unpaired) electrons. The second-order valence-corrected chi connectivity index (χ2v) is 9.13. The smallest absolute Gasteiger partial charge is 0.232 e. The largest absolute Gasteiger partial charge is 0.471 e. The van der Waals surface area contributed by atoms with Gasteiger partial charge in [-0.25, -0.2) is 4.98 Å². The van der Waals surface area contributed by atoms with Gasteiger partial charge < -0.3 is 9.64 Å². The van der Waals surface area contributed by atoms with E-state index in [2.05, 4.69) is 9.97 Å². The van der Waals surface area contributed by atoms with Crippen molar-refractivity contribution in [3.8, 4) is 5.88 Å². The van der Waals surface area contributed by atoms with E-state index in [-0.39, 0.29) is 12.0 Å². The molecular weight excluding hydrogens is 342 g/mol. The molecule has 2 aliphatic heterocycles. The van der Waals surface area contributed by atoms with Crippen molar-refractivity contribution in [1.29, 1.82) is 0 Å². The molecule has 3 rings (SSSR count). The summed E-state index contributed by atoms with van der Waals surface area (Å²) in [5.74, 6) is 2.11. The van der Waals surface area contributed by atoms with Gasteiger partial charge in [-0.15, -0.1) is 0 Å². The molecule has 2 unspecified atom stereocenters. The van der Waals surface area contributed by atoms with Crippen LogP contribution in [-0.4, -0.2) is 51.0 Å². The van der Waals surface area contributed by atoms with Gasteiger partial charge in [0.1, 0.15) is 6.10 Å². The lowest BCUT2D eigenvalue weighted by atomic mass is 10.1. The van der Waals surface area contributed by atoms with Crippen molar-refractivity contribution in [1.82, 2.24) is 14.9 Å². The van der Waals surface area contributed by atoms with Crippen LogP contribution in [0.25, 0.3) is 0 Å². The monoisotopic (exact) mass is 367 g/mol. The molecule has 2 aliphatic rings. The first kappa shape index (κ1) is 17.9. The lowest BCUT2D eigenvalue weighted by molar-refractivity contribution is -0.134. The zero-order valence-electron chi connectivity index (χ0n) is 13.9. The number of aromatic nitrogens is 2. The summed E-state index contributed by atoms with van der Waals surface area (Å²) in [5, 5.41) is 0.810. The molecule has 5 nitrogen and oxygen atoms in total. The molecule has 0 spiro atoms. The number of likely N-dealkylation sites (tertiary alicyclic amines) is 1. The Hall–Kier alpha value is -0.950. The van der Waals surface area contributed by atoms with Crippen molar-refractivity contribution >= 4 is 27.5 Å². The fourth-order valence-electron chi connectivity index (χ4n) is 3.15. The zero-order chi connectivity index (χ0) is 16.6. The molecule has 0 bridgehead atoms. The van der Waals surface area contributed by atoms with Crippen LogP contribution in [0.3, 0.4) is 0 Å². The van der Waals surface area contributed by atoms with Crippen LogP contribution in [0.5, 0.6) is 5.88 Å². The van der Waals surface area contributed by atoms with Crippen molar-refractivity contribution in [2.24, 2.45) is 0 Å². The van der Waals surface area contributed by atoms with Gasteiger partial charge >= 0.3 is 0 Å². The summed E-state index contributed by atoms with van der Waals surface area (Å²) in [6.07, 6.45) is 12.3. The average molecular weight is 368 g/mol. The summed E-state index contributed by atoms with van der Waals surface area (Å²) in [5.41, 5.74) is 0. The highest BCUT2D eigenvalue weighted by molar-refractivity contribution is 8.77. The quantitative estimate of drug-likeness (QED) is 0.542. The van der Waals surface area contributed by atoms with Crippen molar-refractivity contribution in [2.45, 2.75) is 56.3 Å². The molecule has 1 amide bonds. The van der Waals surface area contributed by atoms with Crippen LogP contribution >= 0.6 is 21.6 Å². The van der Waals surface area contributed by atoms with E-state index in [1.165, 1.54) is 18.6 Å². The van der Waals surface area contributed by atoms with E-state index in [0.717, 1.165) is 37.5 Å². The number of piperidine rings is 1. The average Bonchev–Trinajstić information content (AvgIpc) is 3.13. The fraction of sp³-hybridized carbons (Fsp3) is 0.706. The van der Waals surface area contributed by atoms with E-state index < -0.39 is 0 Å². The van der Waals surface area contributed by atoms with Crippen molar-refractivity contribution in [3.05, 3.63) is 18.6 Å². The van der Waals surface area contributed by atoms with Crippen LogP contribution in [0, 0.1) is 0 Å². The first-order chi connectivity index (χ1) is 11.8. The summed E-state index contributed by atoms with van der Waals surface area (Å²) >= 11 is 0. The number of unbranched alkanes of at least 4 members (excludes halogenated alkanes) is 1. The maximum absolute atomic E-state index is 12.4. The Labute approximate surface area is 151 Å². The van der Waals surface area contributed by atoms with Crippen molar-refractivity contribution in [2.75, 3.05) is 18.8 Å². The second-order valence-electron chi connectivity index (χ2n) is 6.34. The fourth-order valence-corrected chi connectivity index (χ4v) is 6.18. The Kier molecular flexibility index (Phi) is 7.08. The van der Waals surface area contributed by atoms with Gasteiger partial charge in [0.2, 0.25) is 11.8 Å². The Morgan fingerprint density at radius 2 is 2.29 bits per heavy atom. The molecule has 132 valence electrons. The van der Waals surface area contributed by atoms with Gasteiger partial charge in [0, 0.05) is 36.4 Å². The summed E-state index contributed by atoms with van der Waals surface area (Å²) < 4.78 is 5.86.